The number of hydrogen-bond donors (Lipinski definition) is 2. The van der Waals surface area contributed by atoms with Crippen molar-refractivity contribution in [1.82, 2.24) is 19.9 Å². The topological polar surface area (TPSA) is 129 Å². The maximum atomic E-state index is 11.5. The minimum atomic E-state index is -1.03. The van der Waals surface area contributed by atoms with E-state index in [2.05, 4.69) is 16.9 Å². The second-order valence-electron chi connectivity index (χ2n) is 9.15. The van der Waals surface area contributed by atoms with E-state index in [4.69, 9.17) is 9.97 Å². The minimum Gasteiger partial charge on any atom is -0.478 e. The zero-order chi connectivity index (χ0) is 27.6. The van der Waals surface area contributed by atoms with E-state index in [1.807, 2.05) is 29.2 Å². The molecule has 0 fully saturated rings. The van der Waals surface area contributed by atoms with Gasteiger partial charge in [0.05, 0.1) is 33.9 Å². The summed E-state index contributed by atoms with van der Waals surface area (Å²) in [5.41, 5.74) is 2.31. The van der Waals surface area contributed by atoms with Crippen molar-refractivity contribution in [2.75, 3.05) is 11.4 Å². The Bertz CT molecular complexity index is 1340. The SMILES string of the molecule is CCCCCCCCN(c1cccc(-c2cc(C(=O)O)ccn2)n1)c1cccc(-c2cc(C(=O)O)ccn2)n1. The van der Waals surface area contributed by atoms with Crippen LogP contribution in [-0.4, -0.2) is 48.6 Å². The molecule has 0 spiro atoms. The molecule has 0 atom stereocenters. The first-order valence-corrected chi connectivity index (χ1v) is 13.1. The van der Waals surface area contributed by atoms with Crippen molar-refractivity contribution >= 4 is 23.6 Å². The fraction of sp³-hybridized carbons (Fsp3) is 0.267. The van der Waals surface area contributed by atoms with Crippen molar-refractivity contribution in [1.29, 1.82) is 0 Å². The molecule has 0 aliphatic carbocycles. The Morgan fingerprint density at radius 1 is 0.667 bits per heavy atom. The summed E-state index contributed by atoms with van der Waals surface area (Å²) in [6.07, 6.45) is 9.70. The summed E-state index contributed by atoms with van der Waals surface area (Å²) in [5.74, 6) is -0.747. The van der Waals surface area contributed by atoms with Crippen molar-refractivity contribution in [3.63, 3.8) is 0 Å². The van der Waals surface area contributed by atoms with E-state index in [0.717, 1.165) is 19.3 Å². The predicted octanol–water partition coefficient (Wildman–Crippen LogP) is 6.50. The molecular formula is C30H31N5O4. The van der Waals surface area contributed by atoms with Gasteiger partial charge in [-0.3, -0.25) is 9.97 Å². The van der Waals surface area contributed by atoms with Gasteiger partial charge in [-0.2, -0.15) is 0 Å². The number of anilines is 2. The highest BCUT2D eigenvalue weighted by molar-refractivity contribution is 5.89. The number of carboxylic acid groups (broad SMARTS) is 2. The first-order chi connectivity index (χ1) is 19.0. The van der Waals surface area contributed by atoms with E-state index in [1.165, 1.54) is 55.9 Å². The second-order valence-corrected chi connectivity index (χ2v) is 9.15. The summed E-state index contributed by atoms with van der Waals surface area (Å²) in [6.45, 7) is 2.87. The Hall–Kier alpha value is -4.66. The summed E-state index contributed by atoms with van der Waals surface area (Å²) < 4.78 is 0. The van der Waals surface area contributed by atoms with Gasteiger partial charge in [0.1, 0.15) is 11.6 Å². The van der Waals surface area contributed by atoms with E-state index in [1.54, 1.807) is 12.1 Å². The van der Waals surface area contributed by atoms with Gasteiger partial charge in [0.25, 0.3) is 0 Å². The van der Waals surface area contributed by atoms with Gasteiger partial charge < -0.3 is 15.1 Å². The minimum absolute atomic E-state index is 0.140. The first kappa shape index (κ1) is 27.4. The van der Waals surface area contributed by atoms with E-state index in [0.29, 0.717) is 41.0 Å². The summed E-state index contributed by atoms with van der Waals surface area (Å²) in [6, 6.07) is 17.0. The van der Waals surface area contributed by atoms with Crippen molar-refractivity contribution in [3.05, 3.63) is 84.2 Å². The molecule has 0 saturated carbocycles. The van der Waals surface area contributed by atoms with Crippen molar-refractivity contribution in [2.24, 2.45) is 0 Å². The largest absolute Gasteiger partial charge is 0.478 e. The molecule has 9 nitrogen and oxygen atoms in total. The fourth-order valence-corrected chi connectivity index (χ4v) is 4.24. The zero-order valence-electron chi connectivity index (χ0n) is 21.8. The van der Waals surface area contributed by atoms with Crippen LogP contribution in [0.3, 0.4) is 0 Å². The highest BCUT2D eigenvalue weighted by Crippen LogP contribution is 2.28. The van der Waals surface area contributed by atoms with Gasteiger partial charge in [-0.05, 0) is 55.0 Å². The number of carbonyl (C=O) groups is 2. The maximum absolute atomic E-state index is 11.5. The molecule has 9 heteroatoms. The molecule has 0 radical (unpaired) electrons. The molecule has 0 aliphatic heterocycles. The van der Waals surface area contributed by atoms with Crippen molar-refractivity contribution < 1.29 is 19.8 Å². The van der Waals surface area contributed by atoms with Crippen LogP contribution in [0.2, 0.25) is 0 Å². The van der Waals surface area contributed by atoms with E-state index in [-0.39, 0.29) is 11.1 Å². The Kier molecular flexibility index (Phi) is 9.29. The van der Waals surface area contributed by atoms with E-state index in [9.17, 15) is 19.8 Å². The normalized spacial score (nSPS) is 10.8. The molecule has 4 rings (SSSR count). The van der Waals surface area contributed by atoms with Gasteiger partial charge in [-0.15, -0.1) is 0 Å². The number of unbranched alkanes of at least 4 members (excludes halogenated alkanes) is 5. The van der Waals surface area contributed by atoms with Crippen LogP contribution < -0.4 is 4.90 Å². The third-order valence-corrected chi connectivity index (χ3v) is 6.30. The molecule has 4 aromatic rings. The number of pyridine rings is 4. The number of rotatable bonds is 13. The molecule has 4 aromatic heterocycles. The van der Waals surface area contributed by atoms with Crippen LogP contribution in [0, 0.1) is 0 Å². The Labute approximate surface area is 227 Å². The Morgan fingerprint density at radius 2 is 1.15 bits per heavy atom. The summed E-state index contributed by atoms with van der Waals surface area (Å²) >= 11 is 0. The number of hydrogen-bond acceptors (Lipinski definition) is 7. The molecular weight excluding hydrogens is 494 g/mol. The number of nitrogens with zero attached hydrogens (tertiary/aromatic N) is 5. The summed E-state index contributed by atoms with van der Waals surface area (Å²) in [4.78, 5) is 43.3. The van der Waals surface area contributed by atoms with E-state index < -0.39 is 11.9 Å². The molecule has 200 valence electrons. The molecule has 0 amide bonds. The van der Waals surface area contributed by atoms with Gasteiger partial charge in [0, 0.05) is 18.9 Å². The average molecular weight is 526 g/mol. The predicted molar refractivity (Wildman–Crippen MR) is 149 cm³/mol. The van der Waals surface area contributed by atoms with Gasteiger partial charge in [-0.1, -0.05) is 51.2 Å². The molecule has 0 aromatic carbocycles. The molecule has 0 saturated heterocycles. The Morgan fingerprint density at radius 3 is 1.64 bits per heavy atom. The third-order valence-electron chi connectivity index (χ3n) is 6.30. The highest BCUT2D eigenvalue weighted by Gasteiger charge is 2.16. The summed E-state index contributed by atoms with van der Waals surface area (Å²) in [7, 11) is 0. The second kappa shape index (κ2) is 13.2. The van der Waals surface area contributed by atoms with Crippen LogP contribution in [0.4, 0.5) is 11.6 Å². The quantitative estimate of drug-likeness (QED) is 0.188. The lowest BCUT2D eigenvalue weighted by molar-refractivity contribution is 0.0686. The molecule has 0 aliphatic rings. The van der Waals surface area contributed by atoms with Crippen LogP contribution in [-0.2, 0) is 0 Å². The molecule has 39 heavy (non-hydrogen) atoms. The van der Waals surface area contributed by atoms with Crippen LogP contribution in [0.25, 0.3) is 22.8 Å². The van der Waals surface area contributed by atoms with Gasteiger partial charge in [0.2, 0.25) is 0 Å². The average Bonchev–Trinajstić information content (AvgIpc) is 2.97. The standard InChI is InChI=1S/C30H31N5O4/c1-2-3-4-5-6-7-18-35(27-12-8-10-23(33-27)25-19-21(29(36)37)14-16-31-25)28-13-9-11-24(34-28)26-20-22(30(38)39)15-17-32-26/h8-17,19-20H,2-7,18H2,1H3,(H,36,37)(H,38,39). The molecule has 0 bridgehead atoms. The molecule has 0 unspecified atom stereocenters. The van der Waals surface area contributed by atoms with Crippen LogP contribution in [0.1, 0.15) is 66.2 Å². The maximum Gasteiger partial charge on any atom is 0.335 e. The molecule has 2 N–H and O–H groups in total. The third kappa shape index (κ3) is 7.22. The van der Waals surface area contributed by atoms with Gasteiger partial charge in [0.15, 0.2) is 0 Å². The number of aromatic nitrogens is 4. The smallest absolute Gasteiger partial charge is 0.335 e. The lowest BCUT2D eigenvalue weighted by Crippen LogP contribution is -2.21. The van der Waals surface area contributed by atoms with Gasteiger partial charge in [-0.25, -0.2) is 19.6 Å². The highest BCUT2D eigenvalue weighted by atomic mass is 16.4. The number of carboxylic acids is 2. The van der Waals surface area contributed by atoms with Crippen LogP contribution in [0.5, 0.6) is 0 Å². The lowest BCUT2D eigenvalue weighted by Gasteiger charge is -2.24. The van der Waals surface area contributed by atoms with Crippen LogP contribution in [0.15, 0.2) is 73.1 Å². The van der Waals surface area contributed by atoms with Crippen molar-refractivity contribution in [2.45, 2.75) is 45.4 Å². The van der Waals surface area contributed by atoms with Crippen LogP contribution >= 0.6 is 0 Å². The Balaban J connectivity index is 1.68. The fourth-order valence-electron chi connectivity index (χ4n) is 4.24. The summed E-state index contributed by atoms with van der Waals surface area (Å²) in [5, 5.41) is 18.8. The van der Waals surface area contributed by atoms with Gasteiger partial charge >= 0.3 is 11.9 Å². The zero-order valence-corrected chi connectivity index (χ0v) is 21.8. The number of aromatic carboxylic acids is 2. The monoisotopic (exact) mass is 525 g/mol. The molecule has 4 heterocycles. The van der Waals surface area contributed by atoms with Crippen molar-refractivity contribution in [3.8, 4) is 22.8 Å². The van der Waals surface area contributed by atoms with E-state index >= 15 is 0 Å². The lowest BCUT2D eigenvalue weighted by atomic mass is 10.1. The first-order valence-electron chi connectivity index (χ1n) is 13.1.